The predicted octanol–water partition coefficient (Wildman–Crippen LogP) is 2.99. The summed E-state index contributed by atoms with van der Waals surface area (Å²) in [6, 6.07) is 10.1. The van der Waals surface area contributed by atoms with Gasteiger partial charge in [-0.2, -0.15) is 0 Å². The summed E-state index contributed by atoms with van der Waals surface area (Å²) < 4.78 is 0. The Labute approximate surface area is 151 Å². The number of hydrogen-bond acceptors (Lipinski definition) is 3. The number of carbonyl (C=O) groups excluding carboxylic acids is 1. The fraction of sp³-hybridized carbons (Fsp3) is 0.632. The van der Waals surface area contributed by atoms with Crippen LogP contribution in [0.25, 0.3) is 0 Å². The lowest BCUT2D eigenvalue weighted by atomic mass is 9.71. The van der Waals surface area contributed by atoms with Crippen molar-refractivity contribution in [2.75, 3.05) is 19.7 Å². The van der Waals surface area contributed by atoms with Gasteiger partial charge in [0.2, 0.25) is 5.91 Å². The molecular formula is C19H31ClN2O2. The molecule has 0 radical (unpaired) electrons. The maximum absolute atomic E-state index is 12.4. The van der Waals surface area contributed by atoms with Crippen LogP contribution in [0.5, 0.6) is 0 Å². The molecule has 5 heteroatoms. The van der Waals surface area contributed by atoms with Crippen LogP contribution in [-0.4, -0.2) is 30.7 Å². The molecule has 0 aromatic heterocycles. The summed E-state index contributed by atoms with van der Waals surface area (Å²) in [5.74, 6) is 0.251. The zero-order valence-corrected chi connectivity index (χ0v) is 15.2. The highest BCUT2D eigenvalue weighted by atomic mass is 35.5. The Morgan fingerprint density at radius 2 is 1.88 bits per heavy atom. The van der Waals surface area contributed by atoms with Crippen LogP contribution in [0.2, 0.25) is 0 Å². The summed E-state index contributed by atoms with van der Waals surface area (Å²) in [5, 5.41) is 12.3. The Morgan fingerprint density at radius 3 is 2.46 bits per heavy atom. The summed E-state index contributed by atoms with van der Waals surface area (Å²) in [7, 11) is 0. The summed E-state index contributed by atoms with van der Waals surface area (Å²) in [6.07, 6.45) is 6.95. The highest BCUT2D eigenvalue weighted by Gasteiger charge is 2.33. The first-order valence-corrected chi connectivity index (χ1v) is 8.82. The standard InChI is InChI=1S/C19H30N2O2.ClH/c20-15-19(10-5-2-6-11-19)13-18(23)21-14-17(9-12-22)16-7-3-1-4-8-16;/h1,3-4,7-8,17,22H,2,5-6,9-15,20H2,(H,21,23);1H. The molecule has 1 atom stereocenters. The second kappa shape index (κ2) is 10.7. The van der Waals surface area contributed by atoms with Crippen molar-refractivity contribution in [2.24, 2.45) is 11.1 Å². The van der Waals surface area contributed by atoms with E-state index in [-0.39, 0.29) is 36.3 Å². The van der Waals surface area contributed by atoms with E-state index in [2.05, 4.69) is 17.4 Å². The van der Waals surface area contributed by atoms with E-state index in [1.807, 2.05) is 18.2 Å². The van der Waals surface area contributed by atoms with Crippen LogP contribution in [0, 0.1) is 5.41 Å². The number of nitrogens with two attached hydrogens (primary N) is 1. The van der Waals surface area contributed by atoms with Gasteiger partial charge in [-0.15, -0.1) is 12.4 Å². The van der Waals surface area contributed by atoms with Crippen molar-refractivity contribution in [1.29, 1.82) is 0 Å². The molecule has 1 saturated carbocycles. The average molecular weight is 355 g/mol. The summed E-state index contributed by atoms with van der Waals surface area (Å²) in [4.78, 5) is 12.4. The largest absolute Gasteiger partial charge is 0.396 e. The van der Waals surface area contributed by atoms with Gasteiger partial charge >= 0.3 is 0 Å². The van der Waals surface area contributed by atoms with Crippen LogP contribution in [0.3, 0.4) is 0 Å². The molecule has 1 unspecified atom stereocenters. The van der Waals surface area contributed by atoms with Crippen LogP contribution in [0.15, 0.2) is 30.3 Å². The highest BCUT2D eigenvalue weighted by Crippen LogP contribution is 2.38. The number of halogens is 1. The lowest BCUT2D eigenvalue weighted by Gasteiger charge is -2.35. The molecule has 0 saturated heterocycles. The Bertz CT molecular complexity index is 476. The van der Waals surface area contributed by atoms with E-state index in [1.165, 1.54) is 19.3 Å². The number of carbonyl (C=O) groups is 1. The van der Waals surface area contributed by atoms with Crippen molar-refractivity contribution in [3.05, 3.63) is 35.9 Å². The van der Waals surface area contributed by atoms with Gasteiger partial charge in [-0.25, -0.2) is 0 Å². The van der Waals surface area contributed by atoms with E-state index >= 15 is 0 Å². The van der Waals surface area contributed by atoms with Crippen molar-refractivity contribution < 1.29 is 9.90 Å². The second-order valence-corrected chi connectivity index (χ2v) is 6.87. The molecule has 0 aliphatic heterocycles. The Kier molecular flexibility index (Phi) is 9.34. The zero-order chi connectivity index (χ0) is 16.5. The van der Waals surface area contributed by atoms with E-state index in [4.69, 9.17) is 5.73 Å². The van der Waals surface area contributed by atoms with Gasteiger partial charge in [0.25, 0.3) is 0 Å². The van der Waals surface area contributed by atoms with E-state index in [0.717, 1.165) is 18.4 Å². The van der Waals surface area contributed by atoms with Crippen LogP contribution >= 0.6 is 12.4 Å². The number of benzene rings is 1. The van der Waals surface area contributed by atoms with Crippen molar-refractivity contribution in [1.82, 2.24) is 5.32 Å². The van der Waals surface area contributed by atoms with Gasteiger partial charge in [0.15, 0.2) is 0 Å². The van der Waals surface area contributed by atoms with Crippen molar-refractivity contribution in [3.63, 3.8) is 0 Å². The molecule has 1 aromatic rings. The van der Waals surface area contributed by atoms with Crippen LogP contribution in [0.1, 0.15) is 56.4 Å². The molecule has 1 fully saturated rings. The molecule has 1 amide bonds. The molecule has 2 rings (SSSR count). The lowest BCUT2D eigenvalue weighted by Crippen LogP contribution is -2.39. The van der Waals surface area contributed by atoms with Crippen LogP contribution < -0.4 is 11.1 Å². The number of hydrogen-bond donors (Lipinski definition) is 3. The predicted molar refractivity (Wildman–Crippen MR) is 100 cm³/mol. The summed E-state index contributed by atoms with van der Waals surface area (Å²) in [5.41, 5.74) is 7.13. The minimum Gasteiger partial charge on any atom is -0.396 e. The van der Waals surface area contributed by atoms with Gasteiger partial charge in [0.1, 0.15) is 0 Å². The third-order valence-electron chi connectivity index (χ3n) is 5.18. The maximum Gasteiger partial charge on any atom is 0.220 e. The molecule has 136 valence electrons. The molecule has 1 aromatic carbocycles. The Hall–Kier alpha value is -1.10. The number of nitrogens with one attached hydrogen (secondary N) is 1. The van der Waals surface area contributed by atoms with E-state index in [0.29, 0.717) is 25.9 Å². The van der Waals surface area contributed by atoms with Gasteiger partial charge in [-0.1, -0.05) is 49.6 Å². The number of amides is 1. The third kappa shape index (κ3) is 6.08. The normalized spacial score (nSPS) is 17.6. The second-order valence-electron chi connectivity index (χ2n) is 6.87. The minimum atomic E-state index is 0. The molecule has 4 nitrogen and oxygen atoms in total. The number of rotatable bonds is 8. The molecule has 24 heavy (non-hydrogen) atoms. The first kappa shape index (κ1) is 20.9. The monoisotopic (exact) mass is 354 g/mol. The minimum absolute atomic E-state index is 0. The number of aliphatic hydroxyl groups excluding tert-OH is 1. The zero-order valence-electron chi connectivity index (χ0n) is 14.4. The molecule has 1 aliphatic rings. The first-order valence-electron chi connectivity index (χ1n) is 8.82. The van der Waals surface area contributed by atoms with Crippen LogP contribution in [0.4, 0.5) is 0 Å². The van der Waals surface area contributed by atoms with Gasteiger partial charge in [0.05, 0.1) is 0 Å². The van der Waals surface area contributed by atoms with E-state index in [1.54, 1.807) is 0 Å². The van der Waals surface area contributed by atoms with Crippen LogP contribution in [-0.2, 0) is 4.79 Å². The molecule has 0 spiro atoms. The summed E-state index contributed by atoms with van der Waals surface area (Å²) >= 11 is 0. The highest BCUT2D eigenvalue weighted by molar-refractivity contribution is 5.85. The fourth-order valence-electron chi connectivity index (χ4n) is 3.66. The smallest absolute Gasteiger partial charge is 0.220 e. The molecule has 1 aliphatic carbocycles. The topological polar surface area (TPSA) is 75.4 Å². The molecule has 4 N–H and O–H groups in total. The van der Waals surface area contributed by atoms with E-state index in [9.17, 15) is 9.90 Å². The first-order chi connectivity index (χ1) is 11.2. The molecule has 0 heterocycles. The fourth-order valence-corrected chi connectivity index (χ4v) is 3.66. The SMILES string of the molecule is Cl.NCC1(CC(=O)NCC(CCO)c2ccccc2)CCCCC1. The Morgan fingerprint density at radius 1 is 1.21 bits per heavy atom. The van der Waals surface area contributed by atoms with Gasteiger partial charge in [-0.05, 0) is 36.8 Å². The Balaban J connectivity index is 0.00000288. The van der Waals surface area contributed by atoms with Crippen molar-refractivity contribution in [2.45, 2.75) is 50.9 Å². The van der Waals surface area contributed by atoms with Crippen molar-refractivity contribution in [3.8, 4) is 0 Å². The van der Waals surface area contributed by atoms with Gasteiger partial charge < -0.3 is 16.2 Å². The van der Waals surface area contributed by atoms with Gasteiger partial charge in [0, 0.05) is 25.5 Å². The molecular weight excluding hydrogens is 324 g/mol. The lowest BCUT2D eigenvalue weighted by molar-refractivity contribution is -0.124. The van der Waals surface area contributed by atoms with Gasteiger partial charge in [-0.3, -0.25) is 4.79 Å². The average Bonchev–Trinajstić information content (AvgIpc) is 2.60. The van der Waals surface area contributed by atoms with Crippen molar-refractivity contribution >= 4 is 18.3 Å². The molecule has 0 bridgehead atoms. The summed E-state index contributed by atoms with van der Waals surface area (Å²) in [6.45, 7) is 1.30. The van der Waals surface area contributed by atoms with E-state index < -0.39 is 0 Å². The number of aliphatic hydroxyl groups is 1. The maximum atomic E-state index is 12.4. The quantitative estimate of drug-likeness (QED) is 0.671. The third-order valence-corrected chi connectivity index (χ3v) is 5.18.